The van der Waals surface area contributed by atoms with Crippen LogP contribution in [0.25, 0.3) is 0 Å². The smallest absolute Gasteiger partial charge is 0.146 e. The van der Waals surface area contributed by atoms with E-state index in [1.807, 2.05) is 0 Å². The topological polar surface area (TPSA) is 35.2 Å². The Bertz CT molecular complexity index is 523. The molecule has 0 unspecified atom stereocenters. The monoisotopic (exact) mass is 313 g/mol. The van der Waals surface area contributed by atoms with Crippen LogP contribution in [0.5, 0.6) is 5.75 Å². The van der Waals surface area contributed by atoms with Gasteiger partial charge < -0.3 is 10.5 Å². The molecule has 0 aromatic heterocycles. The van der Waals surface area contributed by atoms with Crippen molar-refractivity contribution in [2.75, 3.05) is 5.73 Å². The lowest BCUT2D eigenvalue weighted by molar-refractivity contribution is 0.304. The van der Waals surface area contributed by atoms with Crippen molar-refractivity contribution >= 4 is 21.6 Å². The van der Waals surface area contributed by atoms with Crippen molar-refractivity contribution in [1.82, 2.24) is 0 Å². The van der Waals surface area contributed by atoms with Crippen LogP contribution in [0.15, 0.2) is 40.9 Å². The van der Waals surface area contributed by atoms with Gasteiger partial charge in [-0.1, -0.05) is 6.07 Å². The number of nitrogen functional groups attached to an aromatic ring is 1. The van der Waals surface area contributed by atoms with E-state index in [0.717, 1.165) is 0 Å². The molecule has 5 heteroatoms. The summed E-state index contributed by atoms with van der Waals surface area (Å²) < 4.78 is 32.1. The summed E-state index contributed by atoms with van der Waals surface area (Å²) in [5, 5.41) is 0. The van der Waals surface area contributed by atoms with E-state index >= 15 is 0 Å². The normalized spacial score (nSPS) is 10.4. The van der Waals surface area contributed by atoms with E-state index in [4.69, 9.17) is 10.5 Å². The zero-order valence-corrected chi connectivity index (χ0v) is 10.9. The molecule has 0 saturated heterocycles. The minimum absolute atomic E-state index is 0.0911. The lowest BCUT2D eigenvalue weighted by Gasteiger charge is -2.07. The molecule has 0 heterocycles. The fourth-order valence-electron chi connectivity index (χ4n) is 1.39. The van der Waals surface area contributed by atoms with Gasteiger partial charge in [0.05, 0.1) is 10.2 Å². The van der Waals surface area contributed by atoms with Gasteiger partial charge in [-0.3, -0.25) is 0 Å². The van der Waals surface area contributed by atoms with Gasteiger partial charge in [0.2, 0.25) is 0 Å². The first-order valence-corrected chi connectivity index (χ1v) is 5.97. The molecule has 0 bridgehead atoms. The molecular formula is C13H10BrF2NO. The third-order valence-corrected chi connectivity index (χ3v) is 3.00. The molecule has 2 nitrogen and oxygen atoms in total. The second-order valence-corrected chi connectivity index (χ2v) is 4.57. The summed E-state index contributed by atoms with van der Waals surface area (Å²) in [6.45, 7) is 0.151. The number of halogens is 3. The van der Waals surface area contributed by atoms with Crippen molar-refractivity contribution in [2.45, 2.75) is 6.61 Å². The van der Waals surface area contributed by atoms with E-state index in [9.17, 15) is 8.78 Å². The predicted molar refractivity (Wildman–Crippen MR) is 69.2 cm³/mol. The van der Waals surface area contributed by atoms with Crippen molar-refractivity contribution in [3.63, 3.8) is 0 Å². The zero-order valence-electron chi connectivity index (χ0n) is 9.29. The number of benzene rings is 2. The van der Waals surface area contributed by atoms with E-state index in [1.54, 1.807) is 18.2 Å². The summed E-state index contributed by atoms with van der Waals surface area (Å²) in [5.41, 5.74) is 6.08. The van der Waals surface area contributed by atoms with Gasteiger partial charge >= 0.3 is 0 Å². The van der Waals surface area contributed by atoms with Crippen LogP contribution in [-0.2, 0) is 6.61 Å². The summed E-state index contributed by atoms with van der Waals surface area (Å²) in [4.78, 5) is 0. The maximum Gasteiger partial charge on any atom is 0.146 e. The maximum absolute atomic E-state index is 13.2. The number of ether oxygens (including phenoxy) is 1. The van der Waals surface area contributed by atoms with Gasteiger partial charge in [0.25, 0.3) is 0 Å². The highest BCUT2D eigenvalue weighted by Gasteiger charge is 2.03. The van der Waals surface area contributed by atoms with E-state index in [2.05, 4.69) is 15.9 Å². The van der Waals surface area contributed by atoms with Gasteiger partial charge in [-0.25, -0.2) is 8.78 Å². The van der Waals surface area contributed by atoms with Crippen LogP contribution in [-0.4, -0.2) is 0 Å². The van der Waals surface area contributed by atoms with E-state index in [0.29, 0.717) is 15.8 Å². The minimum Gasteiger partial charge on any atom is -0.489 e. The van der Waals surface area contributed by atoms with Crippen LogP contribution < -0.4 is 10.5 Å². The Morgan fingerprint density at radius 2 is 1.83 bits per heavy atom. The summed E-state index contributed by atoms with van der Waals surface area (Å²) in [6.07, 6.45) is 0. The lowest BCUT2D eigenvalue weighted by Crippen LogP contribution is -1.98. The Morgan fingerprint density at radius 1 is 1.06 bits per heavy atom. The van der Waals surface area contributed by atoms with Crippen molar-refractivity contribution in [3.8, 4) is 5.75 Å². The molecule has 0 atom stereocenters. The highest BCUT2D eigenvalue weighted by atomic mass is 79.9. The molecule has 0 aliphatic heterocycles. The Kier molecular flexibility index (Phi) is 3.81. The summed E-state index contributed by atoms with van der Waals surface area (Å²) in [5.74, 6) is -0.512. The average molecular weight is 314 g/mol. The van der Waals surface area contributed by atoms with Crippen LogP contribution >= 0.6 is 15.9 Å². The van der Waals surface area contributed by atoms with Gasteiger partial charge in [0, 0.05) is 6.07 Å². The summed E-state index contributed by atoms with van der Waals surface area (Å²) >= 11 is 3.05. The summed E-state index contributed by atoms with van der Waals surface area (Å²) in [6, 6.07) is 8.86. The first-order chi connectivity index (χ1) is 8.56. The molecule has 0 radical (unpaired) electrons. The van der Waals surface area contributed by atoms with Crippen LogP contribution in [0.1, 0.15) is 5.56 Å². The largest absolute Gasteiger partial charge is 0.489 e. The second kappa shape index (κ2) is 5.35. The van der Waals surface area contributed by atoms with Gasteiger partial charge in [-0.05, 0) is 45.8 Å². The van der Waals surface area contributed by atoms with E-state index in [1.165, 1.54) is 18.2 Å². The first kappa shape index (κ1) is 12.8. The van der Waals surface area contributed by atoms with Crippen molar-refractivity contribution in [1.29, 1.82) is 0 Å². The van der Waals surface area contributed by atoms with Gasteiger partial charge in [0.1, 0.15) is 24.0 Å². The van der Waals surface area contributed by atoms with Crippen molar-refractivity contribution in [2.24, 2.45) is 0 Å². The molecule has 2 N–H and O–H groups in total. The molecule has 0 aliphatic rings. The number of hydrogen-bond acceptors (Lipinski definition) is 2. The average Bonchev–Trinajstić information content (AvgIpc) is 2.35. The molecule has 2 aromatic carbocycles. The van der Waals surface area contributed by atoms with E-state index in [-0.39, 0.29) is 12.3 Å². The van der Waals surface area contributed by atoms with E-state index < -0.39 is 11.6 Å². The van der Waals surface area contributed by atoms with Crippen LogP contribution in [0.2, 0.25) is 0 Å². The quantitative estimate of drug-likeness (QED) is 0.873. The van der Waals surface area contributed by atoms with Crippen LogP contribution in [0.3, 0.4) is 0 Å². The van der Waals surface area contributed by atoms with Crippen LogP contribution in [0.4, 0.5) is 14.5 Å². The molecule has 0 saturated carbocycles. The van der Waals surface area contributed by atoms with Crippen molar-refractivity contribution < 1.29 is 13.5 Å². The number of hydrogen-bond donors (Lipinski definition) is 1. The number of nitrogens with two attached hydrogens (primary N) is 1. The molecule has 0 spiro atoms. The zero-order chi connectivity index (χ0) is 13.1. The molecule has 2 rings (SSSR count). The molecule has 94 valence electrons. The molecular weight excluding hydrogens is 304 g/mol. The summed E-state index contributed by atoms with van der Waals surface area (Å²) in [7, 11) is 0. The minimum atomic E-state index is -0.488. The standard InChI is InChI=1S/C13H10BrF2NO/c14-10-3-2-9(6-11(10)15)18-7-8-1-4-13(17)12(16)5-8/h1-6H,7,17H2. The molecule has 0 amide bonds. The maximum atomic E-state index is 13.2. The molecule has 0 fully saturated rings. The number of anilines is 1. The fourth-order valence-corrected chi connectivity index (χ4v) is 1.64. The third kappa shape index (κ3) is 2.98. The van der Waals surface area contributed by atoms with Gasteiger partial charge in [-0.15, -0.1) is 0 Å². The third-order valence-electron chi connectivity index (χ3n) is 2.36. The van der Waals surface area contributed by atoms with Crippen molar-refractivity contribution in [3.05, 3.63) is 58.1 Å². The Labute approximate surface area is 112 Å². The second-order valence-electron chi connectivity index (χ2n) is 3.72. The highest BCUT2D eigenvalue weighted by Crippen LogP contribution is 2.22. The first-order valence-electron chi connectivity index (χ1n) is 5.18. The Morgan fingerprint density at radius 3 is 2.50 bits per heavy atom. The molecule has 2 aromatic rings. The molecule has 0 aliphatic carbocycles. The lowest BCUT2D eigenvalue weighted by atomic mass is 10.2. The van der Waals surface area contributed by atoms with Gasteiger partial charge in [-0.2, -0.15) is 0 Å². The SMILES string of the molecule is Nc1ccc(COc2ccc(Br)c(F)c2)cc1F. The van der Waals surface area contributed by atoms with Gasteiger partial charge in [0.15, 0.2) is 0 Å². The Balaban J connectivity index is 2.06. The molecule has 18 heavy (non-hydrogen) atoms. The number of rotatable bonds is 3. The Hall–Kier alpha value is -1.62. The van der Waals surface area contributed by atoms with Crippen LogP contribution in [0, 0.1) is 11.6 Å². The fraction of sp³-hybridized carbons (Fsp3) is 0.0769. The predicted octanol–water partition coefficient (Wildman–Crippen LogP) is 3.89. The highest BCUT2D eigenvalue weighted by molar-refractivity contribution is 9.10.